The van der Waals surface area contributed by atoms with Gasteiger partial charge in [-0.3, -0.25) is 4.98 Å². The van der Waals surface area contributed by atoms with E-state index in [0.717, 1.165) is 11.8 Å². The molecular formula is C19H12Cl3FN4O. The highest BCUT2D eigenvalue weighted by Gasteiger charge is 2.17. The van der Waals surface area contributed by atoms with Gasteiger partial charge in [0.05, 0.1) is 38.6 Å². The molecule has 9 heteroatoms. The van der Waals surface area contributed by atoms with Crippen molar-refractivity contribution in [2.24, 2.45) is 0 Å². The number of pyridine rings is 1. The molecule has 0 amide bonds. The Balaban J connectivity index is 1.79. The Kier molecular flexibility index (Phi) is 6.68. The molecule has 1 aromatic heterocycles. The lowest BCUT2D eigenvalue weighted by atomic mass is 10.0. The smallest absolute Gasteiger partial charge is 0.150 e. The van der Waals surface area contributed by atoms with Gasteiger partial charge in [-0.1, -0.05) is 46.5 Å². The van der Waals surface area contributed by atoms with Crippen LogP contribution in [0.1, 0.15) is 22.9 Å². The van der Waals surface area contributed by atoms with Crippen molar-refractivity contribution in [3.8, 4) is 11.8 Å². The second-order valence-corrected chi connectivity index (χ2v) is 6.83. The van der Waals surface area contributed by atoms with Gasteiger partial charge >= 0.3 is 0 Å². The monoisotopic (exact) mass is 436 g/mol. The maximum Gasteiger partial charge on any atom is 0.150 e. The molecule has 142 valence electrons. The lowest BCUT2D eigenvalue weighted by Crippen LogP contribution is -2.38. The van der Waals surface area contributed by atoms with E-state index in [9.17, 15) is 4.39 Å². The van der Waals surface area contributed by atoms with E-state index in [4.69, 9.17) is 44.9 Å². The molecule has 0 aliphatic carbocycles. The highest BCUT2D eigenvalue weighted by molar-refractivity contribution is 6.42. The fraction of sp³-hybridized carbons (Fsp3) is 0.0526. The van der Waals surface area contributed by atoms with Crippen molar-refractivity contribution in [1.29, 1.82) is 5.26 Å². The molecule has 3 rings (SSSR count). The number of aromatic nitrogens is 1. The molecule has 0 bridgehead atoms. The highest BCUT2D eigenvalue weighted by atomic mass is 35.5. The van der Waals surface area contributed by atoms with Gasteiger partial charge in [-0.25, -0.2) is 9.82 Å². The Morgan fingerprint density at radius 3 is 2.46 bits per heavy atom. The van der Waals surface area contributed by atoms with Crippen molar-refractivity contribution in [3.63, 3.8) is 0 Å². The molecule has 5 nitrogen and oxygen atoms in total. The van der Waals surface area contributed by atoms with E-state index in [0.29, 0.717) is 27.1 Å². The van der Waals surface area contributed by atoms with Gasteiger partial charge in [-0.15, -0.1) is 0 Å². The van der Waals surface area contributed by atoms with E-state index in [1.807, 2.05) is 6.07 Å². The van der Waals surface area contributed by atoms with Crippen molar-refractivity contribution in [2.75, 3.05) is 0 Å². The minimum Gasteiger partial charge on any atom is -0.394 e. The number of nitrogens with zero attached hydrogens (tertiary/aromatic N) is 2. The van der Waals surface area contributed by atoms with Gasteiger partial charge in [-0.05, 0) is 42.0 Å². The summed E-state index contributed by atoms with van der Waals surface area (Å²) >= 11 is 18.1. The Hall–Kier alpha value is -2.40. The van der Waals surface area contributed by atoms with Crippen LogP contribution >= 0.6 is 34.8 Å². The molecule has 0 fully saturated rings. The lowest BCUT2D eigenvalue weighted by Gasteiger charge is -2.20. The quantitative estimate of drug-likeness (QED) is 0.517. The van der Waals surface area contributed by atoms with Crippen LogP contribution in [0.2, 0.25) is 15.1 Å². The predicted octanol–water partition coefficient (Wildman–Crippen LogP) is 5.23. The number of nitrogens with one attached hydrogen (secondary N) is 2. The zero-order chi connectivity index (χ0) is 20.1. The second kappa shape index (κ2) is 9.20. The number of nitriles is 1. The first-order valence-electron chi connectivity index (χ1n) is 7.91. The van der Waals surface area contributed by atoms with E-state index in [1.54, 1.807) is 24.3 Å². The van der Waals surface area contributed by atoms with Gasteiger partial charge in [0.2, 0.25) is 0 Å². The summed E-state index contributed by atoms with van der Waals surface area (Å²) in [5.74, 6) is -0.0653. The average molecular weight is 438 g/mol. The van der Waals surface area contributed by atoms with Crippen LogP contribution in [0.5, 0.6) is 5.75 Å². The van der Waals surface area contributed by atoms with Crippen LogP contribution in [0.3, 0.4) is 0 Å². The molecule has 0 radical (unpaired) electrons. The lowest BCUT2D eigenvalue weighted by molar-refractivity contribution is 0.137. The molecule has 28 heavy (non-hydrogen) atoms. The fourth-order valence-electron chi connectivity index (χ4n) is 2.38. The SMILES string of the molecule is N#Cc1ccc(ONNC(c2ccc(Cl)c(Cl)c2)c2ccc(F)cn2)cc1Cl. The van der Waals surface area contributed by atoms with Crippen LogP contribution in [0.15, 0.2) is 54.7 Å². The maximum absolute atomic E-state index is 13.2. The van der Waals surface area contributed by atoms with Crippen molar-refractivity contribution in [1.82, 2.24) is 16.0 Å². The molecule has 1 atom stereocenters. The number of hydrogen-bond donors (Lipinski definition) is 2. The maximum atomic E-state index is 13.2. The van der Waals surface area contributed by atoms with Gasteiger partial charge in [0, 0.05) is 6.07 Å². The topological polar surface area (TPSA) is 70.0 Å². The first kappa shape index (κ1) is 20.3. The Morgan fingerprint density at radius 2 is 1.82 bits per heavy atom. The molecule has 2 N–H and O–H groups in total. The van der Waals surface area contributed by atoms with E-state index in [1.165, 1.54) is 24.3 Å². The summed E-state index contributed by atoms with van der Waals surface area (Å²) < 4.78 is 13.2. The average Bonchev–Trinajstić information content (AvgIpc) is 2.69. The molecule has 0 saturated carbocycles. The largest absolute Gasteiger partial charge is 0.394 e. The molecule has 0 aliphatic rings. The fourth-order valence-corrected chi connectivity index (χ4v) is 2.89. The first-order chi connectivity index (χ1) is 13.5. The highest BCUT2D eigenvalue weighted by Crippen LogP contribution is 2.28. The number of rotatable bonds is 6. The van der Waals surface area contributed by atoms with E-state index >= 15 is 0 Å². The van der Waals surface area contributed by atoms with Gasteiger partial charge in [0.25, 0.3) is 0 Å². The minimum atomic E-state index is -0.524. The van der Waals surface area contributed by atoms with Crippen LogP contribution in [0.25, 0.3) is 0 Å². The first-order valence-corrected chi connectivity index (χ1v) is 9.04. The summed E-state index contributed by atoms with van der Waals surface area (Å²) in [5.41, 5.74) is 7.14. The van der Waals surface area contributed by atoms with Crippen molar-refractivity contribution in [3.05, 3.63) is 92.4 Å². The van der Waals surface area contributed by atoms with Crippen LogP contribution in [0.4, 0.5) is 4.39 Å². The van der Waals surface area contributed by atoms with Crippen molar-refractivity contribution < 1.29 is 9.23 Å². The normalized spacial score (nSPS) is 11.7. The van der Waals surface area contributed by atoms with Crippen LogP contribution in [-0.2, 0) is 0 Å². The summed E-state index contributed by atoms with van der Waals surface area (Å²) in [6.45, 7) is 0. The van der Waals surface area contributed by atoms with E-state index in [-0.39, 0.29) is 5.02 Å². The van der Waals surface area contributed by atoms with Crippen LogP contribution in [0, 0.1) is 17.1 Å². The number of benzene rings is 2. The number of halogens is 4. The summed E-state index contributed by atoms with van der Waals surface area (Å²) in [5, 5.41) is 9.96. The molecule has 3 aromatic rings. The van der Waals surface area contributed by atoms with Gasteiger partial charge in [-0.2, -0.15) is 5.26 Å². The summed E-state index contributed by atoms with van der Waals surface area (Å²) in [7, 11) is 0. The minimum absolute atomic E-state index is 0.267. The predicted molar refractivity (Wildman–Crippen MR) is 106 cm³/mol. The third-order valence-electron chi connectivity index (χ3n) is 3.76. The zero-order valence-corrected chi connectivity index (χ0v) is 16.4. The molecule has 1 unspecified atom stereocenters. The van der Waals surface area contributed by atoms with Gasteiger partial charge in [0.15, 0.2) is 5.75 Å². The third kappa shape index (κ3) is 4.90. The summed E-state index contributed by atoms with van der Waals surface area (Å²) in [6.07, 6.45) is 1.11. The Labute approximate surface area is 175 Å². The van der Waals surface area contributed by atoms with Crippen molar-refractivity contribution >= 4 is 34.8 Å². The second-order valence-electron chi connectivity index (χ2n) is 5.61. The molecule has 2 aromatic carbocycles. The van der Waals surface area contributed by atoms with Gasteiger partial charge in [0.1, 0.15) is 11.9 Å². The van der Waals surface area contributed by atoms with Crippen LogP contribution < -0.4 is 15.9 Å². The number of hydrogen-bond acceptors (Lipinski definition) is 5. The van der Waals surface area contributed by atoms with E-state index < -0.39 is 11.9 Å². The number of hydrazine groups is 1. The standard InChI is InChI=1S/C19H12Cl3FN4O/c20-15-5-2-11(7-17(15)22)19(18-6-3-13(23)10-25-18)26-27-28-14-4-1-12(9-24)16(21)8-14/h1-8,10,19,26-27H. The van der Waals surface area contributed by atoms with E-state index in [2.05, 4.69) is 16.0 Å². The molecule has 0 saturated heterocycles. The summed E-state index contributed by atoms with van der Waals surface area (Å²) in [4.78, 5) is 9.52. The van der Waals surface area contributed by atoms with Gasteiger partial charge < -0.3 is 4.84 Å². The molecule has 0 aliphatic heterocycles. The third-order valence-corrected chi connectivity index (χ3v) is 4.81. The Bertz CT molecular complexity index is 1020. The molecular weight excluding hydrogens is 426 g/mol. The van der Waals surface area contributed by atoms with Crippen molar-refractivity contribution in [2.45, 2.75) is 6.04 Å². The summed E-state index contributed by atoms with van der Waals surface area (Å²) in [6, 6.07) is 14.0. The molecule has 1 heterocycles. The Morgan fingerprint density at radius 1 is 1.00 bits per heavy atom. The molecule has 0 spiro atoms. The zero-order valence-electron chi connectivity index (χ0n) is 14.1. The van der Waals surface area contributed by atoms with Crippen LogP contribution in [-0.4, -0.2) is 4.98 Å².